The normalized spacial score (nSPS) is 45.7. The summed E-state index contributed by atoms with van der Waals surface area (Å²) >= 11 is 0. The van der Waals surface area contributed by atoms with Gasteiger partial charge in [-0.1, -0.05) is 34.6 Å². The van der Waals surface area contributed by atoms with Crippen LogP contribution in [0.25, 0.3) is 0 Å². The van der Waals surface area contributed by atoms with Gasteiger partial charge in [0.25, 0.3) is 0 Å². The Morgan fingerprint density at radius 2 is 1.59 bits per heavy atom. The topological polar surface area (TPSA) is 164 Å². The number of likely N-dealkylation sites (N-methyl/N-ethyl adjacent to an activating group) is 2. The Balaban J connectivity index is 2.73. The highest BCUT2D eigenvalue weighted by Crippen LogP contribution is 2.40. The fourth-order valence-corrected chi connectivity index (χ4v) is 7.50. The van der Waals surface area contributed by atoms with Crippen molar-refractivity contribution in [3.63, 3.8) is 0 Å². The maximum absolute atomic E-state index is 14.0. The lowest BCUT2D eigenvalue weighted by molar-refractivity contribution is -0.305. The Morgan fingerprint density at radius 1 is 1.00 bits per heavy atom. The van der Waals surface area contributed by atoms with E-state index in [0.29, 0.717) is 26.1 Å². The van der Waals surface area contributed by atoms with Crippen LogP contribution in [0.4, 0.5) is 0 Å². The van der Waals surface area contributed by atoms with Crippen molar-refractivity contribution in [1.29, 1.82) is 0 Å². The van der Waals surface area contributed by atoms with E-state index in [1.807, 2.05) is 51.6 Å². The number of ether oxygens (including phenoxy) is 3. The van der Waals surface area contributed by atoms with Crippen LogP contribution in [0.5, 0.6) is 0 Å². The highest BCUT2D eigenvalue weighted by molar-refractivity contribution is 5.74. The van der Waals surface area contributed by atoms with Crippen molar-refractivity contribution in [2.24, 2.45) is 17.8 Å². The minimum Gasteiger partial charge on any atom is -0.459 e. The van der Waals surface area contributed by atoms with Gasteiger partial charge in [-0.2, -0.15) is 0 Å². The van der Waals surface area contributed by atoms with Crippen LogP contribution < -0.4 is 5.32 Å². The SMILES string of the molecule is CC[C@H]1OC(=O)C(C)[C@@](O)(CN(CC)CC)[C@H](C)[C@@H](O[C@@H]2O[C@H](C)C[C@H](N(C)C)[C@H]2O)[C@@](C)(O)C[C@@H](C)CN[C@H](C)[C@@H](O)[C@]1(C)O. The van der Waals surface area contributed by atoms with Crippen molar-refractivity contribution in [3.05, 3.63) is 0 Å². The number of carbonyl (C=O) groups is 1. The van der Waals surface area contributed by atoms with Gasteiger partial charge in [0.1, 0.15) is 23.9 Å². The standard InChI is InChI=1S/C34H67N3O9/c1-13-26-33(10,42)28(39)24(8)35-18-20(4)17-32(9,41)29(46-31-27(38)25(36(11)12)16-21(5)44-31)22(6)34(43,19-37(14-2)15-3)23(7)30(40)45-26/h20-29,31,35,38-39,41-43H,13-19H2,1-12H3/t20-,21-,22-,23?,24-,25+,26-,27-,28-,29-,31+,32+,33-,34-/m1/s1. The van der Waals surface area contributed by atoms with Crippen molar-refractivity contribution in [2.75, 3.05) is 40.3 Å². The van der Waals surface area contributed by atoms with E-state index in [4.69, 9.17) is 14.2 Å². The molecule has 0 radical (unpaired) electrons. The van der Waals surface area contributed by atoms with Gasteiger partial charge in [-0.15, -0.1) is 0 Å². The zero-order valence-corrected chi connectivity index (χ0v) is 30.6. The average Bonchev–Trinajstić information content (AvgIpc) is 2.98. The van der Waals surface area contributed by atoms with Crippen LogP contribution in [-0.2, 0) is 19.0 Å². The van der Waals surface area contributed by atoms with E-state index in [1.165, 1.54) is 6.92 Å². The molecule has 0 aliphatic carbocycles. The summed E-state index contributed by atoms with van der Waals surface area (Å²) in [5, 5.41) is 62.4. The first-order valence-corrected chi connectivity index (χ1v) is 17.3. The molecule has 2 aliphatic rings. The van der Waals surface area contributed by atoms with Gasteiger partial charge < -0.3 is 54.9 Å². The Bertz CT molecular complexity index is 949. The van der Waals surface area contributed by atoms with Crippen LogP contribution in [0.2, 0.25) is 0 Å². The van der Waals surface area contributed by atoms with Crippen LogP contribution in [0.15, 0.2) is 0 Å². The maximum Gasteiger partial charge on any atom is 0.312 e. The van der Waals surface area contributed by atoms with Gasteiger partial charge in [-0.25, -0.2) is 0 Å². The van der Waals surface area contributed by atoms with E-state index in [-0.39, 0.29) is 37.5 Å². The number of hydrogen-bond acceptors (Lipinski definition) is 12. The predicted molar refractivity (Wildman–Crippen MR) is 177 cm³/mol. The van der Waals surface area contributed by atoms with E-state index in [0.717, 1.165) is 0 Å². The van der Waals surface area contributed by atoms with E-state index in [1.54, 1.807) is 34.6 Å². The largest absolute Gasteiger partial charge is 0.459 e. The lowest BCUT2D eigenvalue weighted by Crippen LogP contribution is -2.64. The first-order chi connectivity index (χ1) is 21.2. The van der Waals surface area contributed by atoms with E-state index in [2.05, 4.69) is 5.32 Å². The molecule has 14 atom stereocenters. The first kappa shape index (κ1) is 41.2. The molecule has 2 aliphatic heterocycles. The second-order valence-electron chi connectivity index (χ2n) is 15.0. The molecule has 0 spiro atoms. The molecule has 0 aromatic carbocycles. The van der Waals surface area contributed by atoms with Crippen molar-refractivity contribution in [1.82, 2.24) is 15.1 Å². The van der Waals surface area contributed by atoms with Gasteiger partial charge in [0.15, 0.2) is 6.29 Å². The number of esters is 1. The molecular formula is C34H67N3O9. The number of hydrogen-bond donors (Lipinski definition) is 6. The van der Waals surface area contributed by atoms with E-state index < -0.39 is 71.4 Å². The Kier molecular flexibility index (Phi) is 14.9. The monoisotopic (exact) mass is 661 g/mol. The summed E-state index contributed by atoms with van der Waals surface area (Å²) in [4.78, 5) is 17.9. The highest BCUT2D eigenvalue weighted by Gasteiger charge is 2.55. The molecule has 46 heavy (non-hydrogen) atoms. The fourth-order valence-electron chi connectivity index (χ4n) is 7.50. The summed E-state index contributed by atoms with van der Waals surface area (Å²) < 4.78 is 18.7. The number of aliphatic hydroxyl groups is 5. The van der Waals surface area contributed by atoms with E-state index in [9.17, 15) is 30.3 Å². The summed E-state index contributed by atoms with van der Waals surface area (Å²) in [5.74, 6) is -2.88. The molecule has 12 nitrogen and oxygen atoms in total. The van der Waals surface area contributed by atoms with Crippen LogP contribution in [0, 0.1) is 17.8 Å². The second-order valence-corrected chi connectivity index (χ2v) is 15.0. The quantitative estimate of drug-likeness (QED) is 0.207. The van der Waals surface area contributed by atoms with Crippen molar-refractivity contribution in [2.45, 2.75) is 154 Å². The highest BCUT2D eigenvalue weighted by atomic mass is 16.7. The van der Waals surface area contributed by atoms with Gasteiger partial charge in [-0.05, 0) is 93.5 Å². The minimum atomic E-state index is -1.79. The van der Waals surface area contributed by atoms with E-state index >= 15 is 0 Å². The molecule has 0 aromatic heterocycles. The van der Waals surface area contributed by atoms with Crippen molar-refractivity contribution >= 4 is 5.97 Å². The van der Waals surface area contributed by atoms with Gasteiger partial charge in [0.05, 0.1) is 29.3 Å². The molecule has 0 aromatic rings. The Labute approximate surface area is 277 Å². The maximum atomic E-state index is 14.0. The molecule has 2 saturated heterocycles. The zero-order valence-electron chi connectivity index (χ0n) is 30.6. The Morgan fingerprint density at radius 3 is 2.11 bits per heavy atom. The molecule has 0 saturated carbocycles. The smallest absolute Gasteiger partial charge is 0.312 e. The van der Waals surface area contributed by atoms with Gasteiger partial charge in [-0.3, -0.25) is 4.79 Å². The van der Waals surface area contributed by atoms with Crippen molar-refractivity contribution < 1.29 is 44.5 Å². The summed E-state index contributed by atoms with van der Waals surface area (Å²) in [7, 11) is 3.77. The number of aliphatic hydroxyl groups excluding tert-OH is 2. The summed E-state index contributed by atoms with van der Waals surface area (Å²) in [6.07, 6.45) is -4.73. The van der Waals surface area contributed by atoms with Gasteiger partial charge in [0, 0.05) is 24.5 Å². The van der Waals surface area contributed by atoms with Crippen LogP contribution in [-0.4, -0.2) is 147 Å². The average molecular weight is 662 g/mol. The molecule has 1 unspecified atom stereocenters. The fraction of sp³-hybridized carbons (Fsp3) is 0.971. The second kappa shape index (κ2) is 16.7. The molecule has 0 bridgehead atoms. The van der Waals surface area contributed by atoms with Gasteiger partial charge in [0.2, 0.25) is 0 Å². The minimum absolute atomic E-state index is 0.0716. The molecule has 2 fully saturated rings. The summed E-state index contributed by atoms with van der Waals surface area (Å²) in [6, 6.07) is -0.826. The number of cyclic esters (lactones) is 1. The van der Waals surface area contributed by atoms with Crippen LogP contribution in [0.3, 0.4) is 0 Å². The number of carbonyl (C=O) groups excluding carboxylic acids is 1. The lowest BCUT2D eigenvalue weighted by Gasteiger charge is -2.50. The van der Waals surface area contributed by atoms with Gasteiger partial charge >= 0.3 is 5.97 Å². The van der Waals surface area contributed by atoms with Crippen LogP contribution >= 0.6 is 0 Å². The molecule has 2 rings (SSSR count). The molecule has 0 amide bonds. The van der Waals surface area contributed by atoms with Crippen LogP contribution in [0.1, 0.15) is 88.5 Å². The molecule has 12 heteroatoms. The third-order valence-electron chi connectivity index (χ3n) is 10.8. The number of nitrogens with one attached hydrogen (secondary N) is 1. The summed E-state index contributed by atoms with van der Waals surface area (Å²) in [5.41, 5.74) is -5.13. The number of rotatable bonds is 8. The zero-order chi connectivity index (χ0) is 35.4. The number of nitrogens with zero attached hydrogens (tertiary/aromatic N) is 2. The third-order valence-corrected chi connectivity index (χ3v) is 10.8. The third kappa shape index (κ3) is 9.40. The lowest BCUT2D eigenvalue weighted by atomic mass is 9.70. The first-order valence-electron chi connectivity index (χ1n) is 17.3. The van der Waals surface area contributed by atoms with Crippen molar-refractivity contribution in [3.8, 4) is 0 Å². The molecule has 272 valence electrons. The Hall–Kier alpha value is -0.930. The molecule has 6 N–H and O–H groups in total. The molecule has 2 heterocycles. The summed E-state index contributed by atoms with van der Waals surface area (Å²) in [6.45, 7) is 19.4. The molecular weight excluding hydrogens is 594 g/mol. The predicted octanol–water partition coefficient (Wildman–Crippen LogP) is 1.35.